The Morgan fingerprint density at radius 2 is 1.62 bits per heavy atom. The maximum Gasteiger partial charge on any atom is 0.0130 e. The van der Waals surface area contributed by atoms with Crippen LogP contribution in [0.3, 0.4) is 0 Å². The summed E-state index contributed by atoms with van der Waals surface area (Å²) in [6.45, 7) is 12.2. The SMILES string of the molecule is CCNC(Cc1cc(C)cc(C)c1)C(C)C. The van der Waals surface area contributed by atoms with Gasteiger partial charge in [-0.3, -0.25) is 0 Å². The quantitative estimate of drug-likeness (QED) is 0.799. The highest BCUT2D eigenvalue weighted by molar-refractivity contribution is 5.29. The highest BCUT2D eigenvalue weighted by Gasteiger charge is 2.12. The fraction of sp³-hybridized carbons (Fsp3) is 0.600. The third-order valence-electron chi connectivity index (χ3n) is 3.01. The van der Waals surface area contributed by atoms with Gasteiger partial charge in [-0.1, -0.05) is 50.1 Å². The summed E-state index contributed by atoms with van der Waals surface area (Å²) < 4.78 is 0. The number of rotatable bonds is 5. The lowest BCUT2D eigenvalue weighted by Crippen LogP contribution is -2.35. The van der Waals surface area contributed by atoms with Crippen molar-refractivity contribution in [3.8, 4) is 0 Å². The van der Waals surface area contributed by atoms with Crippen LogP contribution in [0.4, 0.5) is 0 Å². The molecule has 0 aliphatic rings. The Hall–Kier alpha value is -0.820. The van der Waals surface area contributed by atoms with Crippen molar-refractivity contribution >= 4 is 0 Å². The molecular formula is C15H25N. The lowest BCUT2D eigenvalue weighted by Gasteiger charge is -2.22. The zero-order chi connectivity index (χ0) is 12.1. The molecule has 1 N–H and O–H groups in total. The summed E-state index contributed by atoms with van der Waals surface area (Å²) in [5, 5.41) is 3.57. The van der Waals surface area contributed by atoms with Crippen molar-refractivity contribution in [2.24, 2.45) is 5.92 Å². The Morgan fingerprint density at radius 3 is 2.06 bits per heavy atom. The molecule has 1 aromatic carbocycles. The number of aryl methyl sites for hydroxylation is 2. The maximum atomic E-state index is 3.57. The van der Waals surface area contributed by atoms with Crippen molar-refractivity contribution in [1.82, 2.24) is 5.32 Å². The van der Waals surface area contributed by atoms with Gasteiger partial charge in [-0.05, 0) is 38.3 Å². The van der Waals surface area contributed by atoms with Crippen molar-refractivity contribution in [1.29, 1.82) is 0 Å². The van der Waals surface area contributed by atoms with Gasteiger partial charge in [0.25, 0.3) is 0 Å². The van der Waals surface area contributed by atoms with Gasteiger partial charge in [0.2, 0.25) is 0 Å². The largest absolute Gasteiger partial charge is 0.314 e. The van der Waals surface area contributed by atoms with Crippen LogP contribution < -0.4 is 5.32 Å². The van der Waals surface area contributed by atoms with E-state index in [9.17, 15) is 0 Å². The van der Waals surface area contributed by atoms with E-state index < -0.39 is 0 Å². The molecule has 1 rings (SSSR count). The van der Waals surface area contributed by atoms with Gasteiger partial charge in [0, 0.05) is 6.04 Å². The van der Waals surface area contributed by atoms with E-state index >= 15 is 0 Å². The third kappa shape index (κ3) is 3.97. The molecule has 0 spiro atoms. The van der Waals surface area contributed by atoms with Gasteiger partial charge in [0.15, 0.2) is 0 Å². The first kappa shape index (κ1) is 13.2. The molecule has 0 radical (unpaired) electrons. The third-order valence-corrected chi connectivity index (χ3v) is 3.01. The van der Waals surface area contributed by atoms with E-state index in [-0.39, 0.29) is 0 Å². The summed E-state index contributed by atoms with van der Waals surface area (Å²) in [6, 6.07) is 7.44. The molecule has 0 saturated heterocycles. The van der Waals surface area contributed by atoms with E-state index in [0.29, 0.717) is 12.0 Å². The van der Waals surface area contributed by atoms with Gasteiger partial charge < -0.3 is 5.32 Å². The van der Waals surface area contributed by atoms with Crippen LogP contribution in [0.25, 0.3) is 0 Å². The van der Waals surface area contributed by atoms with Crippen LogP contribution in [-0.4, -0.2) is 12.6 Å². The van der Waals surface area contributed by atoms with Gasteiger partial charge in [0.05, 0.1) is 0 Å². The summed E-state index contributed by atoms with van der Waals surface area (Å²) >= 11 is 0. The van der Waals surface area contributed by atoms with Crippen molar-refractivity contribution < 1.29 is 0 Å². The topological polar surface area (TPSA) is 12.0 Å². The molecule has 0 heterocycles. The van der Waals surface area contributed by atoms with E-state index in [2.05, 4.69) is 58.1 Å². The van der Waals surface area contributed by atoms with Crippen LogP contribution in [-0.2, 0) is 6.42 Å². The van der Waals surface area contributed by atoms with Gasteiger partial charge in [-0.25, -0.2) is 0 Å². The zero-order valence-electron chi connectivity index (χ0n) is 11.3. The van der Waals surface area contributed by atoms with Crippen LogP contribution in [0.15, 0.2) is 18.2 Å². The minimum atomic E-state index is 0.589. The number of hydrogen-bond acceptors (Lipinski definition) is 1. The molecule has 1 atom stereocenters. The monoisotopic (exact) mass is 219 g/mol. The number of likely N-dealkylation sites (N-methyl/N-ethyl adjacent to an activating group) is 1. The van der Waals surface area contributed by atoms with E-state index in [1.165, 1.54) is 16.7 Å². The molecule has 90 valence electrons. The second kappa shape index (κ2) is 6.05. The van der Waals surface area contributed by atoms with E-state index in [0.717, 1.165) is 13.0 Å². The molecule has 0 fully saturated rings. The molecular weight excluding hydrogens is 194 g/mol. The lowest BCUT2D eigenvalue weighted by molar-refractivity contribution is 0.405. The van der Waals surface area contributed by atoms with Gasteiger partial charge in [-0.2, -0.15) is 0 Å². The maximum absolute atomic E-state index is 3.57. The molecule has 16 heavy (non-hydrogen) atoms. The Kier molecular flexibility index (Phi) is 5.01. The van der Waals surface area contributed by atoms with Gasteiger partial charge >= 0.3 is 0 Å². The smallest absolute Gasteiger partial charge is 0.0130 e. The van der Waals surface area contributed by atoms with Crippen LogP contribution in [0, 0.1) is 19.8 Å². The van der Waals surface area contributed by atoms with Gasteiger partial charge in [0.1, 0.15) is 0 Å². The Balaban J connectivity index is 2.76. The summed E-state index contributed by atoms with van der Waals surface area (Å²) in [5.41, 5.74) is 4.19. The zero-order valence-corrected chi connectivity index (χ0v) is 11.3. The second-order valence-electron chi connectivity index (χ2n) is 5.11. The average molecular weight is 219 g/mol. The fourth-order valence-electron chi connectivity index (χ4n) is 2.25. The Labute approximate surface area is 100 Å². The van der Waals surface area contributed by atoms with Crippen LogP contribution in [0.5, 0.6) is 0 Å². The Bertz CT molecular complexity index is 308. The molecule has 1 nitrogen and oxygen atoms in total. The number of nitrogens with one attached hydrogen (secondary N) is 1. The van der Waals surface area contributed by atoms with Crippen molar-refractivity contribution in [3.63, 3.8) is 0 Å². The van der Waals surface area contributed by atoms with E-state index in [4.69, 9.17) is 0 Å². The first-order chi connectivity index (χ1) is 7.52. The van der Waals surface area contributed by atoms with E-state index in [1.54, 1.807) is 0 Å². The van der Waals surface area contributed by atoms with Gasteiger partial charge in [-0.15, -0.1) is 0 Å². The summed E-state index contributed by atoms with van der Waals surface area (Å²) in [7, 11) is 0. The standard InChI is InChI=1S/C15H25N/c1-6-16-15(11(2)3)10-14-8-12(4)7-13(5)9-14/h7-9,11,15-16H,6,10H2,1-5H3. The van der Waals surface area contributed by atoms with Crippen molar-refractivity contribution in [3.05, 3.63) is 34.9 Å². The molecule has 0 bridgehead atoms. The van der Waals surface area contributed by atoms with E-state index in [1.807, 2.05) is 0 Å². The molecule has 0 saturated carbocycles. The minimum Gasteiger partial charge on any atom is -0.314 e. The normalized spacial score (nSPS) is 13.1. The molecule has 0 aliphatic heterocycles. The molecule has 1 aromatic rings. The van der Waals surface area contributed by atoms with Crippen LogP contribution in [0.2, 0.25) is 0 Å². The first-order valence-corrected chi connectivity index (χ1v) is 6.33. The van der Waals surface area contributed by atoms with Crippen molar-refractivity contribution in [2.45, 2.75) is 47.1 Å². The molecule has 1 unspecified atom stereocenters. The number of benzene rings is 1. The molecule has 1 heteroatoms. The molecule has 0 aromatic heterocycles. The predicted octanol–water partition coefficient (Wildman–Crippen LogP) is 3.48. The first-order valence-electron chi connectivity index (χ1n) is 6.33. The average Bonchev–Trinajstić information content (AvgIpc) is 2.15. The fourth-order valence-corrected chi connectivity index (χ4v) is 2.25. The molecule has 0 aliphatic carbocycles. The predicted molar refractivity (Wildman–Crippen MR) is 71.9 cm³/mol. The summed E-state index contributed by atoms with van der Waals surface area (Å²) in [6.07, 6.45) is 1.13. The highest BCUT2D eigenvalue weighted by atomic mass is 14.9. The van der Waals surface area contributed by atoms with Crippen molar-refractivity contribution in [2.75, 3.05) is 6.54 Å². The highest BCUT2D eigenvalue weighted by Crippen LogP contribution is 2.14. The summed E-state index contributed by atoms with van der Waals surface area (Å²) in [5.74, 6) is 0.681. The van der Waals surface area contributed by atoms with Crippen LogP contribution in [0.1, 0.15) is 37.5 Å². The van der Waals surface area contributed by atoms with Crippen LogP contribution >= 0.6 is 0 Å². The summed E-state index contributed by atoms with van der Waals surface area (Å²) in [4.78, 5) is 0. The lowest BCUT2D eigenvalue weighted by atomic mass is 9.94. The Morgan fingerprint density at radius 1 is 1.06 bits per heavy atom. The number of hydrogen-bond donors (Lipinski definition) is 1. The molecule has 0 amide bonds. The second-order valence-corrected chi connectivity index (χ2v) is 5.11. The minimum absolute atomic E-state index is 0.589.